The third kappa shape index (κ3) is 2.33. The fraction of sp³-hybridized carbons (Fsp3) is 0.200. The largest absolute Gasteiger partial charge is 0.377 e. The lowest BCUT2D eigenvalue weighted by Crippen LogP contribution is -2.01. The number of hydrogen-bond donors (Lipinski definition) is 1. The highest BCUT2D eigenvalue weighted by atomic mass is 16.5. The molecule has 0 aliphatic rings. The van der Waals surface area contributed by atoms with Gasteiger partial charge in [-0.2, -0.15) is 10.2 Å². The topological polar surface area (TPSA) is 87.6 Å². The van der Waals surface area contributed by atoms with Gasteiger partial charge in [-0.15, -0.1) is 0 Å². The van der Waals surface area contributed by atoms with Gasteiger partial charge in [-0.1, -0.05) is 5.16 Å². The van der Waals surface area contributed by atoms with Crippen molar-refractivity contribution < 1.29 is 4.52 Å². The number of rotatable bonds is 3. The van der Waals surface area contributed by atoms with E-state index in [1.54, 1.807) is 25.3 Å². The molecule has 2 aromatic rings. The van der Waals surface area contributed by atoms with E-state index in [4.69, 9.17) is 9.78 Å². The molecule has 0 fully saturated rings. The summed E-state index contributed by atoms with van der Waals surface area (Å²) in [5.74, 6) is 1.11. The van der Waals surface area contributed by atoms with E-state index < -0.39 is 0 Å². The maximum atomic E-state index is 8.67. The maximum absolute atomic E-state index is 8.67. The van der Waals surface area contributed by atoms with Crippen LogP contribution in [0.15, 0.2) is 22.9 Å². The number of anilines is 1. The molecule has 0 saturated carbocycles. The summed E-state index contributed by atoms with van der Waals surface area (Å²) in [5, 5.41) is 15.5. The minimum Gasteiger partial charge on any atom is -0.377 e. The van der Waals surface area contributed by atoms with E-state index in [1.165, 1.54) is 0 Å². The van der Waals surface area contributed by atoms with Gasteiger partial charge in [0.2, 0.25) is 5.89 Å². The van der Waals surface area contributed by atoms with Crippen molar-refractivity contribution >= 4 is 5.69 Å². The summed E-state index contributed by atoms with van der Waals surface area (Å²) >= 11 is 0. The van der Waals surface area contributed by atoms with Crippen LogP contribution in [0.1, 0.15) is 17.4 Å². The summed E-state index contributed by atoms with van der Waals surface area (Å²) < 4.78 is 4.83. The summed E-state index contributed by atoms with van der Waals surface area (Å²) in [6, 6.07) is 5.40. The van der Waals surface area contributed by atoms with E-state index in [9.17, 15) is 0 Å². The number of pyridine rings is 1. The van der Waals surface area contributed by atoms with E-state index in [2.05, 4.69) is 20.4 Å². The molecule has 16 heavy (non-hydrogen) atoms. The van der Waals surface area contributed by atoms with Crippen LogP contribution in [0, 0.1) is 18.3 Å². The van der Waals surface area contributed by atoms with Crippen LogP contribution in [0.4, 0.5) is 5.69 Å². The summed E-state index contributed by atoms with van der Waals surface area (Å²) in [6.45, 7) is 2.18. The van der Waals surface area contributed by atoms with E-state index >= 15 is 0 Å². The Morgan fingerprint density at radius 1 is 1.56 bits per heavy atom. The maximum Gasteiger partial charge on any atom is 0.223 e. The average Bonchev–Trinajstić information content (AvgIpc) is 2.73. The van der Waals surface area contributed by atoms with E-state index in [-0.39, 0.29) is 0 Å². The fourth-order valence-corrected chi connectivity index (χ4v) is 1.20. The molecule has 2 rings (SSSR count). The minimum absolute atomic E-state index is 0.370. The zero-order valence-electron chi connectivity index (χ0n) is 8.64. The van der Waals surface area contributed by atoms with Crippen molar-refractivity contribution in [2.75, 3.05) is 5.32 Å². The molecule has 2 aromatic heterocycles. The SMILES string of the molecule is Cc1nc(CNc2ccnc(C#N)c2)no1. The summed E-state index contributed by atoms with van der Waals surface area (Å²) in [6.07, 6.45) is 1.57. The van der Waals surface area contributed by atoms with Crippen molar-refractivity contribution in [1.82, 2.24) is 15.1 Å². The molecule has 2 heterocycles. The first-order valence-electron chi connectivity index (χ1n) is 4.67. The Kier molecular flexibility index (Phi) is 2.78. The monoisotopic (exact) mass is 215 g/mol. The molecular formula is C10H9N5O. The fourth-order valence-electron chi connectivity index (χ4n) is 1.20. The second kappa shape index (κ2) is 4.40. The molecule has 0 spiro atoms. The molecule has 80 valence electrons. The molecule has 0 bridgehead atoms. The Hall–Kier alpha value is -2.42. The lowest BCUT2D eigenvalue weighted by molar-refractivity contribution is 0.388. The molecule has 0 aliphatic carbocycles. The van der Waals surface area contributed by atoms with Crippen molar-refractivity contribution in [2.24, 2.45) is 0 Å². The molecular weight excluding hydrogens is 206 g/mol. The highest BCUT2D eigenvalue weighted by molar-refractivity contribution is 5.45. The number of nitriles is 1. The van der Waals surface area contributed by atoms with Gasteiger partial charge in [-0.25, -0.2) is 4.98 Å². The third-order valence-corrected chi connectivity index (χ3v) is 1.89. The Bertz CT molecular complexity index is 528. The molecule has 0 saturated heterocycles. The number of aryl methyl sites for hydroxylation is 1. The van der Waals surface area contributed by atoms with Crippen LogP contribution in [0.2, 0.25) is 0 Å². The zero-order chi connectivity index (χ0) is 11.4. The summed E-state index contributed by atoms with van der Waals surface area (Å²) in [5.41, 5.74) is 1.17. The second-order valence-corrected chi connectivity index (χ2v) is 3.12. The van der Waals surface area contributed by atoms with Crippen molar-refractivity contribution in [3.8, 4) is 6.07 Å². The van der Waals surface area contributed by atoms with Gasteiger partial charge in [0.15, 0.2) is 5.82 Å². The third-order valence-electron chi connectivity index (χ3n) is 1.89. The first kappa shape index (κ1) is 10.1. The molecule has 0 amide bonds. The molecule has 6 heteroatoms. The van der Waals surface area contributed by atoms with Crippen molar-refractivity contribution in [3.63, 3.8) is 0 Å². The van der Waals surface area contributed by atoms with Gasteiger partial charge in [0.05, 0.1) is 6.54 Å². The molecule has 0 atom stereocenters. The Morgan fingerprint density at radius 3 is 3.12 bits per heavy atom. The molecule has 0 aromatic carbocycles. The van der Waals surface area contributed by atoms with Gasteiger partial charge < -0.3 is 9.84 Å². The van der Waals surface area contributed by atoms with Crippen LogP contribution < -0.4 is 5.32 Å². The van der Waals surface area contributed by atoms with Crippen LogP contribution in [0.5, 0.6) is 0 Å². The quantitative estimate of drug-likeness (QED) is 0.829. The van der Waals surface area contributed by atoms with Crippen molar-refractivity contribution in [3.05, 3.63) is 35.7 Å². The molecule has 6 nitrogen and oxygen atoms in total. The molecule has 0 aliphatic heterocycles. The first-order valence-corrected chi connectivity index (χ1v) is 4.67. The Morgan fingerprint density at radius 2 is 2.44 bits per heavy atom. The van der Waals surface area contributed by atoms with E-state index in [0.29, 0.717) is 24.0 Å². The van der Waals surface area contributed by atoms with E-state index in [1.807, 2.05) is 6.07 Å². The molecule has 0 unspecified atom stereocenters. The first-order chi connectivity index (χ1) is 7.78. The Balaban J connectivity index is 2.02. The minimum atomic E-state index is 0.370. The van der Waals surface area contributed by atoms with Gasteiger partial charge >= 0.3 is 0 Å². The van der Waals surface area contributed by atoms with Crippen LogP contribution in [-0.2, 0) is 6.54 Å². The predicted octanol–water partition coefficient (Wildman–Crippen LogP) is 1.26. The second-order valence-electron chi connectivity index (χ2n) is 3.12. The highest BCUT2D eigenvalue weighted by Crippen LogP contribution is 2.08. The average molecular weight is 215 g/mol. The number of hydrogen-bond acceptors (Lipinski definition) is 6. The van der Waals surface area contributed by atoms with Crippen LogP contribution in [0.25, 0.3) is 0 Å². The van der Waals surface area contributed by atoms with E-state index in [0.717, 1.165) is 5.69 Å². The number of nitrogens with one attached hydrogen (secondary N) is 1. The molecule has 1 N–H and O–H groups in total. The predicted molar refractivity (Wildman–Crippen MR) is 55.3 cm³/mol. The standard InChI is InChI=1S/C10H9N5O/c1-7-14-10(15-16-7)6-13-8-2-3-12-9(4-8)5-11/h2-4H,6H2,1H3,(H,12,13). The smallest absolute Gasteiger partial charge is 0.223 e. The lowest BCUT2D eigenvalue weighted by atomic mass is 10.3. The van der Waals surface area contributed by atoms with Crippen LogP contribution in [0.3, 0.4) is 0 Å². The van der Waals surface area contributed by atoms with Gasteiger partial charge in [0.25, 0.3) is 0 Å². The van der Waals surface area contributed by atoms with Crippen LogP contribution >= 0.6 is 0 Å². The number of aromatic nitrogens is 3. The van der Waals surface area contributed by atoms with Gasteiger partial charge in [0.1, 0.15) is 11.8 Å². The lowest BCUT2D eigenvalue weighted by Gasteiger charge is -2.02. The van der Waals surface area contributed by atoms with Crippen molar-refractivity contribution in [2.45, 2.75) is 13.5 Å². The number of nitrogens with zero attached hydrogens (tertiary/aromatic N) is 4. The van der Waals surface area contributed by atoms with Gasteiger partial charge in [-0.05, 0) is 12.1 Å². The highest BCUT2D eigenvalue weighted by Gasteiger charge is 2.02. The summed E-state index contributed by atoms with van der Waals surface area (Å²) in [7, 11) is 0. The summed E-state index contributed by atoms with van der Waals surface area (Å²) in [4.78, 5) is 7.91. The van der Waals surface area contributed by atoms with Gasteiger partial charge in [-0.3, -0.25) is 0 Å². The Labute approximate surface area is 91.9 Å². The van der Waals surface area contributed by atoms with Gasteiger partial charge in [0, 0.05) is 18.8 Å². The zero-order valence-corrected chi connectivity index (χ0v) is 8.64. The van der Waals surface area contributed by atoms with Crippen LogP contribution in [-0.4, -0.2) is 15.1 Å². The van der Waals surface area contributed by atoms with Crippen molar-refractivity contribution in [1.29, 1.82) is 5.26 Å². The molecule has 0 radical (unpaired) electrons. The normalized spacial score (nSPS) is 9.75.